The third-order valence-corrected chi connectivity index (χ3v) is 6.56. The van der Waals surface area contributed by atoms with Crippen molar-refractivity contribution >= 4 is 28.1 Å². The van der Waals surface area contributed by atoms with E-state index in [-0.39, 0.29) is 12.2 Å². The SMILES string of the molecule is C[C@@H]1CN(c2cccc(Nc3cc(-c4ccc5c(cnn5C5COC5)c4)ccn3)c2)C[C@H](C)O1. The van der Waals surface area contributed by atoms with E-state index in [9.17, 15) is 0 Å². The number of hydrogen-bond donors (Lipinski definition) is 1. The van der Waals surface area contributed by atoms with E-state index in [0.717, 1.165) is 59.8 Å². The van der Waals surface area contributed by atoms with Crippen molar-refractivity contribution in [3.05, 3.63) is 67.0 Å². The molecule has 1 N–H and O–H groups in total. The summed E-state index contributed by atoms with van der Waals surface area (Å²) < 4.78 is 13.3. The number of nitrogens with one attached hydrogen (secondary N) is 1. The second-order valence-electron chi connectivity index (χ2n) is 9.32. The number of rotatable bonds is 5. The van der Waals surface area contributed by atoms with Crippen molar-refractivity contribution in [3.8, 4) is 11.1 Å². The van der Waals surface area contributed by atoms with Crippen LogP contribution in [0.3, 0.4) is 0 Å². The highest BCUT2D eigenvalue weighted by Crippen LogP contribution is 2.30. The Morgan fingerprint density at radius 1 is 0.941 bits per heavy atom. The Morgan fingerprint density at radius 3 is 2.56 bits per heavy atom. The molecule has 2 aromatic carbocycles. The Labute approximate surface area is 199 Å². The zero-order valence-corrected chi connectivity index (χ0v) is 19.5. The fourth-order valence-corrected chi connectivity index (χ4v) is 4.88. The van der Waals surface area contributed by atoms with Gasteiger partial charge in [-0.25, -0.2) is 4.98 Å². The summed E-state index contributed by atoms with van der Waals surface area (Å²) in [6.07, 6.45) is 4.25. The summed E-state index contributed by atoms with van der Waals surface area (Å²) in [7, 11) is 0. The predicted molar refractivity (Wildman–Crippen MR) is 135 cm³/mol. The highest BCUT2D eigenvalue weighted by atomic mass is 16.5. The van der Waals surface area contributed by atoms with E-state index in [1.807, 2.05) is 18.5 Å². The Balaban J connectivity index is 1.23. The van der Waals surface area contributed by atoms with Crippen molar-refractivity contribution in [2.24, 2.45) is 0 Å². The fraction of sp³-hybridized carbons (Fsp3) is 0.333. The number of aromatic nitrogens is 3. The molecule has 2 aliphatic rings. The van der Waals surface area contributed by atoms with Crippen LogP contribution in [0.1, 0.15) is 19.9 Å². The molecule has 7 nitrogen and oxygen atoms in total. The van der Waals surface area contributed by atoms with Crippen molar-refractivity contribution in [3.63, 3.8) is 0 Å². The van der Waals surface area contributed by atoms with E-state index in [1.54, 1.807) is 0 Å². The predicted octanol–water partition coefficient (Wildman–Crippen LogP) is 5.03. The van der Waals surface area contributed by atoms with Crippen LogP contribution in [-0.4, -0.2) is 53.3 Å². The second kappa shape index (κ2) is 8.74. The maximum Gasteiger partial charge on any atom is 0.130 e. The fourth-order valence-electron chi connectivity index (χ4n) is 4.88. The van der Waals surface area contributed by atoms with Crippen LogP contribution in [-0.2, 0) is 9.47 Å². The topological polar surface area (TPSA) is 64.4 Å². The normalized spacial score (nSPS) is 20.9. The van der Waals surface area contributed by atoms with Gasteiger partial charge in [-0.05, 0) is 67.4 Å². The van der Waals surface area contributed by atoms with E-state index in [2.05, 4.69) is 87.4 Å². The van der Waals surface area contributed by atoms with Crippen molar-refractivity contribution in [2.45, 2.75) is 32.1 Å². The molecule has 0 amide bonds. The first kappa shape index (κ1) is 21.1. The number of anilines is 3. The second-order valence-corrected chi connectivity index (χ2v) is 9.32. The smallest absolute Gasteiger partial charge is 0.130 e. The molecule has 0 radical (unpaired) electrons. The van der Waals surface area contributed by atoms with E-state index in [1.165, 1.54) is 5.69 Å². The lowest BCUT2D eigenvalue weighted by atomic mass is 10.0. The highest BCUT2D eigenvalue weighted by molar-refractivity contribution is 5.85. The maximum atomic E-state index is 5.89. The van der Waals surface area contributed by atoms with Gasteiger partial charge in [-0.1, -0.05) is 12.1 Å². The molecule has 4 heterocycles. The van der Waals surface area contributed by atoms with Gasteiger partial charge in [0.25, 0.3) is 0 Å². The van der Waals surface area contributed by atoms with Gasteiger partial charge in [-0.3, -0.25) is 4.68 Å². The summed E-state index contributed by atoms with van der Waals surface area (Å²) in [6, 6.07) is 19.5. The monoisotopic (exact) mass is 455 g/mol. The van der Waals surface area contributed by atoms with Gasteiger partial charge in [0, 0.05) is 36.0 Å². The molecule has 0 bridgehead atoms. The van der Waals surface area contributed by atoms with Crippen LogP contribution >= 0.6 is 0 Å². The minimum absolute atomic E-state index is 0.227. The molecular weight excluding hydrogens is 426 g/mol. The largest absolute Gasteiger partial charge is 0.377 e. The van der Waals surface area contributed by atoms with Crippen molar-refractivity contribution in [1.29, 1.82) is 0 Å². The lowest BCUT2D eigenvalue weighted by Gasteiger charge is -2.37. The average Bonchev–Trinajstić information content (AvgIpc) is 3.20. The van der Waals surface area contributed by atoms with Gasteiger partial charge in [-0.2, -0.15) is 5.10 Å². The van der Waals surface area contributed by atoms with E-state index in [4.69, 9.17) is 9.47 Å². The average molecular weight is 456 g/mol. The van der Waals surface area contributed by atoms with Crippen LogP contribution in [0, 0.1) is 0 Å². The van der Waals surface area contributed by atoms with Gasteiger partial charge in [0.2, 0.25) is 0 Å². The molecule has 6 rings (SSSR count). The molecule has 2 saturated heterocycles. The number of morpholine rings is 1. The molecule has 2 fully saturated rings. The minimum atomic E-state index is 0.227. The van der Waals surface area contributed by atoms with Gasteiger partial charge >= 0.3 is 0 Å². The summed E-state index contributed by atoms with van der Waals surface area (Å²) in [5, 5.41) is 9.21. The molecule has 2 aromatic heterocycles. The van der Waals surface area contributed by atoms with Gasteiger partial charge in [-0.15, -0.1) is 0 Å². The van der Waals surface area contributed by atoms with E-state index < -0.39 is 0 Å². The maximum absolute atomic E-state index is 5.89. The Hall–Kier alpha value is -3.42. The number of pyridine rings is 1. The lowest BCUT2D eigenvalue weighted by molar-refractivity contribution is -0.0266. The summed E-state index contributed by atoms with van der Waals surface area (Å²) in [4.78, 5) is 6.95. The van der Waals surface area contributed by atoms with Crippen LogP contribution in [0.25, 0.3) is 22.0 Å². The van der Waals surface area contributed by atoms with Gasteiger partial charge < -0.3 is 19.7 Å². The molecule has 7 heteroatoms. The Morgan fingerprint density at radius 2 is 1.76 bits per heavy atom. The number of fused-ring (bicyclic) bond motifs is 1. The molecule has 4 aromatic rings. The first-order valence-corrected chi connectivity index (χ1v) is 11.9. The van der Waals surface area contributed by atoms with Crippen molar-refractivity contribution in [2.75, 3.05) is 36.5 Å². The highest BCUT2D eigenvalue weighted by Gasteiger charge is 2.23. The number of ether oxygens (including phenoxy) is 2. The number of benzene rings is 2. The number of nitrogens with zero attached hydrogens (tertiary/aromatic N) is 4. The molecular formula is C27H29N5O2. The standard InChI is InChI=1S/C27H29N5O2/c1-18-14-31(15-19(2)34-18)24-5-3-4-23(12-24)30-27-11-21(8-9-28-27)20-6-7-26-22(10-20)13-29-32(26)25-16-33-17-25/h3-13,18-19,25H,14-17H2,1-2H3,(H,28,30)/t18-,19+. The van der Waals surface area contributed by atoms with Gasteiger partial charge in [0.15, 0.2) is 0 Å². The summed E-state index contributed by atoms with van der Waals surface area (Å²) in [5.74, 6) is 0.820. The zero-order chi connectivity index (χ0) is 23.1. The van der Waals surface area contributed by atoms with Crippen LogP contribution in [0.5, 0.6) is 0 Å². The number of hydrogen-bond acceptors (Lipinski definition) is 6. The minimum Gasteiger partial charge on any atom is -0.377 e. The lowest BCUT2D eigenvalue weighted by Crippen LogP contribution is -2.45. The molecule has 0 saturated carbocycles. The molecule has 34 heavy (non-hydrogen) atoms. The Kier molecular flexibility index (Phi) is 5.43. The molecule has 0 spiro atoms. The van der Waals surface area contributed by atoms with E-state index in [0.29, 0.717) is 6.04 Å². The van der Waals surface area contributed by atoms with Gasteiger partial charge in [0.1, 0.15) is 5.82 Å². The van der Waals surface area contributed by atoms with Crippen LogP contribution in [0.4, 0.5) is 17.2 Å². The molecule has 2 aliphatic heterocycles. The quantitative estimate of drug-likeness (QED) is 0.456. The van der Waals surface area contributed by atoms with Crippen LogP contribution < -0.4 is 10.2 Å². The van der Waals surface area contributed by atoms with Crippen LogP contribution in [0.15, 0.2) is 67.0 Å². The molecule has 2 atom stereocenters. The molecule has 0 aliphatic carbocycles. The summed E-state index contributed by atoms with van der Waals surface area (Å²) >= 11 is 0. The third kappa shape index (κ3) is 4.13. The molecule has 174 valence electrons. The Bertz CT molecular complexity index is 1310. The third-order valence-electron chi connectivity index (χ3n) is 6.56. The first-order valence-electron chi connectivity index (χ1n) is 11.9. The van der Waals surface area contributed by atoms with Crippen LogP contribution in [0.2, 0.25) is 0 Å². The molecule has 0 unspecified atom stereocenters. The summed E-state index contributed by atoms with van der Waals surface area (Å²) in [6.45, 7) is 7.53. The zero-order valence-electron chi connectivity index (χ0n) is 19.5. The summed E-state index contributed by atoms with van der Waals surface area (Å²) in [5.41, 5.74) is 5.63. The van der Waals surface area contributed by atoms with Crippen molar-refractivity contribution in [1.82, 2.24) is 14.8 Å². The van der Waals surface area contributed by atoms with Gasteiger partial charge in [0.05, 0.1) is 43.2 Å². The first-order chi connectivity index (χ1) is 16.6. The van der Waals surface area contributed by atoms with Crippen molar-refractivity contribution < 1.29 is 9.47 Å². The van der Waals surface area contributed by atoms with E-state index >= 15 is 0 Å².